The molecule has 1 saturated heterocycles. The minimum Gasteiger partial charge on any atom is -0.487 e. The quantitative estimate of drug-likeness (QED) is 0.815. The number of nitrogens with zero attached hydrogens (tertiary/aromatic N) is 3. The van der Waals surface area contributed by atoms with Gasteiger partial charge in [-0.1, -0.05) is 6.07 Å². The molecule has 1 aromatic carbocycles. The number of benzene rings is 1. The average molecular weight is 367 g/mol. The normalized spacial score (nSPS) is 21.3. The first-order chi connectivity index (χ1) is 12.4. The van der Waals surface area contributed by atoms with E-state index in [9.17, 15) is 18.0 Å². The van der Waals surface area contributed by atoms with E-state index in [0.717, 1.165) is 0 Å². The molecule has 0 spiro atoms. The van der Waals surface area contributed by atoms with Crippen LogP contribution in [0.2, 0.25) is 0 Å². The molecule has 4 rings (SSSR count). The Hall–Kier alpha value is -2.55. The highest BCUT2D eigenvalue weighted by molar-refractivity contribution is 5.93. The summed E-state index contributed by atoms with van der Waals surface area (Å²) in [6.45, 7) is 1.07. The molecule has 138 valence electrons. The second-order valence-electron chi connectivity index (χ2n) is 6.32. The first kappa shape index (κ1) is 16.9. The monoisotopic (exact) mass is 367 g/mol. The molecule has 0 bridgehead atoms. The van der Waals surface area contributed by atoms with Gasteiger partial charge in [-0.2, -0.15) is 13.9 Å². The Morgan fingerprint density at radius 1 is 1.31 bits per heavy atom. The summed E-state index contributed by atoms with van der Waals surface area (Å²) in [6, 6.07) is 7.34. The van der Waals surface area contributed by atoms with Crippen LogP contribution in [0.25, 0.3) is 0 Å². The highest BCUT2D eigenvalue weighted by atomic mass is 19.3. The summed E-state index contributed by atoms with van der Waals surface area (Å²) in [5.41, 5.74) is 0.908. The first-order valence-electron chi connectivity index (χ1n) is 8.20. The molecule has 1 amide bonds. The Bertz CT molecular complexity index is 832. The fourth-order valence-corrected chi connectivity index (χ4v) is 3.10. The molecule has 26 heavy (non-hydrogen) atoms. The summed E-state index contributed by atoms with van der Waals surface area (Å²) < 4.78 is 50.2. The Morgan fingerprint density at radius 2 is 2.12 bits per heavy atom. The Kier molecular flexibility index (Phi) is 4.10. The Balaban J connectivity index is 1.39. The molecule has 0 N–H and O–H groups in total. The Morgan fingerprint density at radius 3 is 2.85 bits per heavy atom. The van der Waals surface area contributed by atoms with E-state index in [1.807, 2.05) is 0 Å². The summed E-state index contributed by atoms with van der Waals surface area (Å²) in [7, 11) is 0. The third-order valence-electron chi connectivity index (χ3n) is 4.33. The number of hydrogen-bond acceptors (Lipinski definition) is 4. The van der Waals surface area contributed by atoms with Gasteiger partial charge in [0.25, 0.3) is 5.91 Å². The molecule has 9 heteroatoms. The van der Waals surface area contributed by atoms with E-state index in [1.54, 1.807) is 16.8 Å². The number of amides is 1. The molecule has 3 heterocycles. The predicted octanol–water partition coefficient (Wildman–Crippen LogP) is 2.44. The highest BCUT2D eigenvalue weighted by Gasteiger charge is 2.48. The van der Waals surface area contributed by atoms with Gasteiger partial charge in [0.1, 0.15) is 29.6 Å². The van der Waals surface area contributed by atoms with Gasteiger partial charge in [-0.05, 0) is 18.2 Å². The molecule has 1 unspecified atom stereocenters. The summed E-state index contributed by atoms with van der Waals surface area (Å²) in [6.07, 6.45) is -4.09. The molecule has 1 atom stereocenters. The van der Waals surface area contributed by atoms with Crippen molar-refractivity contribution in [1.29, 1.82) is 0 Å². The maximum Gasteiger partial charge on any atom is 0.358 e. The van der Waals surface area contributed by atoms with Gasteiger partial charge < -0.3 is 14.4 Å². The van der Waals surface area contributed by atoms with Crippen LogP contribution in [0.3, 0.4) is 0 Å². The van der Waals surface area contributed by atoms with Crippen LogP contribution in [0, 0.1) is 5.82 Å². The molecule has 0 radical (unpaired) electrons. The van der Waals surface area contributed by atoms with Crippen molar-refractivity contribution in [3.05, 3.63) is 47.5 Å². The molecule has 0 saturated carbocycles. The number of halogens is 3. The van der Waals surface area contributed by atoms with Crippen LogP contribution in [-0.2, 0) is 17.9 Å². The topological polar surface area (TPSA) is 56.6 Å². The van der Waals surface area contributed by atoms with Crippen LogP contribution in [0.5, 0.6) is 5.75 Å². The van der Waals surface area contributed by atoms with Crippen molar-refractivity contribution in [3.8, 4) is 5.75 Å². The van der Waals surface area contributed by atoms with Crippen molar-refractivity contribution < 1.29 is 27.4 Å². The summed E-state index contributed by atoms with van der Waals surface area (Å²) in [5, 5.41) is 4.31. The lowest BCUT2D eigenvalue weighted by molar-refractivity contribution is -0.351. The van der Waals surface area contributed by atoms with Crippen molar-refractivity contribution in [2.24, 2.45) is 0 Å². The van der Waals surface area contributed by atoms with E-state index in [1.165, 1.54) is 23.1 Å². The second-order valence-corrected chi connectivity index (χ2v) is 6.32. The lowest BCUT2D eigenvalue weighted by Crippen LogP contribution is -2.52. The number of carbonyl (C=O) groups is 1. The summed E-state index contributed by atoms with van der Waals surface area (Å²) >= 11 is 0. The third kappa shape index (κ3) is 3.39. The molecule has 1 fully saturated rings. The van der Waals surface area contributed by atoms with Gasteiger partial charge in [-0.15, -0.1) is 0 Å². The van der Waals surface area contributed by atoms with Crippen LogP contribution in [0.1, 0.15) is 22.6 Å². The number of hydrogen-bond donors (Lipinski definition) is 0. The molecule has 0 aliphatic carbocycles. The Labute approximate surface area is 147 Å². The van der Waals surface area contributed by atoms with Gasteiger partial charge in [0.2, 0.25) is 0 Å². The van der Waals surface area contributed by atoms with Crippen molar-refractivity contribution in [3.63, 3.8) is 0 Å². The highest BCUT2D eigenvalue weighted by Crippen LogP contribution is 2.36. The smallest absolute Gasteiger partial charge is 0.358 e. The maximum atomic E-state index is 13.2. The van der Waals surface area contributed by atoms with Crippen LogP contribution >= 0.6 is 0 Å². The van der Waals surface area contributed by atoms with E-state index in [4.69, 9.17) is 4.74 Å². The molecule has 2 aromatic rings. The molecule has 2 aliphatic rings. The summed E-state index contributed by atoms with van der Waals surface area (Å²) in [4.78, 5) is 14.0. The first-order valence-corrected chi connectivity index (χ1v) is 8.20. The number of aromatic nitrogens is 2. The SMILES string of the molecule is O=C1c2cc(COc3cccc(F)c3)nn2CCN1CC1CC(F)(F)O1. The van der Waals surface area contributed by atoms with Gasteiger partial charge in [-0.3, -0.25) is 9.48 Å². The number of alkyl halides is 2. The number of rotatable bonds is 5. The number of fused-ring (bicyclic) bond motifs is 1. The van der Waals surface area contributed by atoms with Gasteiger partial charge in [-0.25, -0.2) is 4.39 Å². The minimum absolute atomic E-state index is 0.0920. The lowest BCUT2D eigenvalue weighted by Gasteiger charge is -2.39. The van der Waals surface area contributed by atoms with Crippen LogP contribution < -0.4 is 4.74 Å². The molecule has 2 aliphatic heterocycles. The van der Waals surface area contributed by atoms with Crippen molar-refractivity contribution >= 4 is 5.91 Å². The third-order valence-corrected chi connectivity index (χ3v) is 4.33. The maximum absolute atomic E-state index is 13.2. The van der Waals surface area contributed by atoms with Gasteiger partial charge >= 0.3 is 6.11 Å². The minimum atomic E-state index is -3.08. The van der Waals surface area contributed by atoms with Gasteiger partial charge in [0.15, 0.2) is 0 Å². The predicted molar refractivity (Wildman–Crippen MR) is 83.3 cm³/mol. The van der Waals surface area contributed by atoms with Crippen LogP contribution in [-0.4, -0.2) is 45.9 Å². The summed E-state index contributed by atoms with van der Waals surface area (Å²) in [5.74, 6) is -0.312. The van der Waals surface area contributed by atoms with Crippen LogP contribution in [0.4, 0.5) is 13.2 Å². The van der Waals surface area contributed by atoms with Crippen molar-refractivity contribution in [2.45, 2.75) is 31.8 Å². The fourth-order valence-electron chi connectivity index (χ4n) is 3.10. The van der Waals surface area contributed by atoms with Gasteiger partial charge in [0.05, 0.1) is 19.1 Å². The number of carbonyl (C=O) groups excluding carboxylic acids is 1. The second kappa shape index (κ2) is 6.31. The van der Waals surface area contributed by atoms with E-state index < -0.39 is 18.0 Å². The molecular formula is C17H16F3N3O3. The molecular weight excluding hydrogens is 351 g/mol. The van der Waals surface area contributed by atoms with E-state index in [2.05, 4.69) is 9.84 Å². The zero-order valence-corrected chi connectivity index (χ0v) is 13.7. The lowest BCUT2D eigenvalue weighted by atomic mass is 10.1. The fraction of sp³-hybridized carbons (Fsp3) is 0.412. The zero-order chi connectivity index (χ0) is 18.3. The van der Waals surface area contributed by atoms with E-state index >= 15 is 0 Å². The van der Waals surface area contributed by atoms with Gasteiger partial charge in [0, 0.05) is 19.2 Å². The molecule has 6 nitrogen and oxygen atoms in total. The largest absolute Gasteiger partial charge is 0.487 e. The number of ether oxygens (including phenoxy) is 2. The zero-order valence-electron chi connectivity index (χ0n) is 13.7. The van der Waals surface area contributed by atoms with E-state index in [-0.39, 0.29) is 25.5 Å². The van der Waals surface area contributed by atoms with Crippen molar-refractivity contribution in [2.75, 3.05) is 13.1 Å². The van der Waals surface area contributed by atoms with Crippen LogP contribution in [0.15, 0.2) is 30.3 Å². The molecule has 1 aromatic heterocycles. The van der Waals surface area contributed by atoms with Crippen molar-refractivity contribution in [1.82, 2.24) is 14.7 Å². The average Bonchev–Trinajstić information content (AvgIpc) is 2.98. The standard InChI is InChI=1S/C17H16F3N3O3/c18-11-2-1-3-13(6-11)25-10-12-7-15-16(24)22(4-5-23(15)21-12)9-14-8-17(19,20)26-14/h1-3,6-7,14H,4-5,8-10H2. The van der Waals surface area contributed by atoms with E-state index in [0.29, 0.717) is 30.2 Å².